The lowest BCUT2D eigenvalue weighted by Gasteiger charge is -2.17. The van der Waals surface area contributed by atoms with Crippen molar-refractivity contribution in [1.82, 2.24) is 14.9 Å². The number of rotatable bonds is 8. The summed E-state index contributed by atoms with van der Waals surface area (Å²) in [7, 11) is -0.505. The summed E-state index contributed by atoms with van der Waals surface area (Å²) < 4.78 is 24.0. The van der Waals surface area contributed by atoms with Gasteiger partial charge >= 0.3 is 12.0 Å². The number of sulfonamides is 1. The maximum absolute atomic E-state index is 11.6. The standard InChI is InChI=1S/C11H21N3O5S/c1-14(2)20(18,19)6-5-12-11(17)13-9(7-10(15)16)8-3-4-8/h8-9H,3-7H2,1-2H3,(H,15,16)(H2,12,13,17). The first-order valence-electron chi connectivity index (χ1n) is 6.38. The van der Waals surface area contributed by atoms with Gasteiger partial charge in [0, 0.05) is 26.7 Å². The molecule has 0 aromatic heterocycles. The monoisotopic (exact) mass is 307 g/mol. The number of hydrogen-bond donors (Lipinski definition) is 3. The molecule has 0 aromatic carbocycles. The van der Waals surface area contributed by atoms with Gasteiger partial charge < -0.3 is 15.7 Å². The van der Waals surface area contributed by atoms with E-state index in [1.54, 1.807) is 0 Å². The quantitative estimate of drug-likeness (QED) is 0.555. The zero-order valence-electron chi connectivity index (χ0n) is 11.6. The van der Waals surface area contributed by atoms with E-state index in [9.17, 15) is 18.0 Å². The van der Waals surface area contributed by atoms with E-state index in [4.69, 9.17) is 5.11 Å². The van der Waals surface area contributed by atoms with Crippen molar-refractivity contribution in [3.63, 3.8) is 0 Å². The van der Waals surface area contributed by atoms with Gasteiger partial charge in [0.1, 0.15) is 0 Å². The Morgan fingerprint density at radius 1 is 1.35 bits per heavy atom. The molecule has 1 rings (SSSR count). The van der Waals surface area contributed by atoms with E-state index in [1.165, 1.54) is 14.1 Å². The van der Waals surface area contributed by atoms with Crippen molar-refractivity contribution >= 4 is 22.0 Å². The Morgan fingerprint density at radius 2 is 1.95 bits per heavy atom. The summed E-state index contributed by atoms with van der Waals surface area (Å²) in [5.74, 6) is -0.944. The van der Waals surface area contributed by atoms with Crippen LogP contribution in [-0.4, -0.2) is 62.3 Å². The SMILES string of the molecule is CN(C)S(=O)(=O)CCNC(=O)NC(CC(=O)O)C1CC1. The van der Waals surface area contributed by atoms with E-state index >= 15 is 0 Å². The summed E-state index contributed by atoms with van der Waals surface area (Å²) in [4.78, 5) is 22.3. The first-order chi connectivity index (χ1) is 9.22. The second kappa shape index (κ2) is 6.89. The number of nitrogens with one attached hydrogen (secondary N) is 2. The van der Waals surface area contributed by atoms with Crippen LogP contribution in [0.2, 0.25) is 0 Å². The van der Waals surface area contributed by atoms with Crippen molar-refractivity contribution in [2.75, 3.05) is 26.4 Å². The third kappa shape index (κ3) is 5.74. The van der Waals surface area contributed by atoms with Gasteiger partial charge in [0.05, 0.1) is 12.2 Å². The average molecular weight is 307 g/mol. The van der Waals surface area contributed by atoms with E-state index in [2.05, 4.69) is 10.6 Å². The molecule has 9 heteroatoms. The Morgan fingerprint density at radius 3 is 2.40 bits per heavy atom. The zero-order chi connectivity index (χ0) is 15.3. The summed E-state index contributed by atoms with van der Waals surface area (Å²) in [5.41, 5.74) is 0. The molecule has 1 fully saturated rings. The summed E-state index contributed by atoms with van der Waals surface area (Å²) in [6, 6.07) is -0.921. The molecule has 1 saturated carbocycles. The highest BCUT2D eigenvalue weighted by Crippen LogP contribution is 2.33. The molecule has 0 aliphatic heterocycles. The molecule has 20 heavy (non-hydrogen) atoms. The van der Waals surface area contributed by atoms with Gasteiger partial charge in [0.2, 0.25) is 10.0 Å². The minimum absolute atomic E-state index is 0.0171. The molecular weight excluding hydrogens is 286 g/mol. The first kappa shape index (κ1) is 16.7. The van der Waals surface area contributed by atoms with Gasteiger partial charge in [-0.3, -0.25) is 4.79 Å². The van der Waals surface area contributed by atoms with Crippen molar-refractivity contribution in [2.45, 2.75) is 25.3 Å². The molecule has 1 aliphatic carbocycles. The number of aliphatic carboxylic acids is 1. The molecule has 0 heterocycles. The zero-order valence-corrected chi connectivity index (χ0v) is 12.4. The van der Waals surface area contributed by atoms with Crippen LogP contribution < -0.4 is 10.6 Å². The molecule has 0 spiro atoms. The van der Waals surface area contributed by atoms with Crippen LogP contribution in [-0.2, 0) is 14.8 Å². The largest absolute Gasteiger partial charge is 0.481 e. The lowest BCUT2D eigenvalue weighted by molar-refractivity contribution is -0.137. The number of carbonyl (C=O) groups is 2. The number of urea groups is 1. The number of hydrogen-bond acceptors (Lipinski definition) is 4. The molecule has 0 saturated heterocycles. The predicted molar refractivity (Wildman–Crippen MR) is 72.8 cm³/mol. The molecule has 2 amide bonds. The number of carboxylic acids is 1. The van der Waals surface area contributed by atoms with Crippen LogP contribution in [0.25, 0.3) is 0 Å². The van der Waals surface area contributed by atoms with Gasteiger partial charge in [0.25, 0.3) is 0 Å². The molecule has 0 bridgehead atoms. The normalized spacial score (nSPS) is 16.8. The molecule has 0 radical (unpaired) electrons. The molecule has 1 atom stereocenters. The maximum atomic E-state index is 11.6. The third-order valence-corrected chi connectivity index (χ3v) is 4.94. The van der Waals surface area contributed by atoms with Gasteiger partial charge in [-0.1, -0.05) is 0 Å². The van der Waals surface area contributed by atoms with Gasteiger partial charge in [-0.25, -0.2) is 17.5 Å². The van der Waals surface area contributed by atoms with Crippen molar-refractivity contribution in [2.24, 2.45) is 5.92 Å². The van der Waals surface area contributed by atoms with Crippen LogP contribution in [0.15, 0.2) is 0 Å². The number of carboxylic acid groups (broad SMARTS) is 1. The van der Waals surface area contributed by atoms with Gasteiger partial charge in [0.15, 0.2) is 0 Å². The van der Waals surface area contributed by atoms with Gasteiger partial charge in [-0.15, -0.1) is 0 Å². The highest BCUT2D eigenvalue weighted by atomic mass is 32.2. The van der Waals surface area contributed by atoms with Crippen LogP contribution in [0.4, 0.5) is 4.79 Å². The van der Waals surface area contributed by atoms with E-state index in [-0.39, 0.29) is 24.6 Å². The predicted octanol–water partition coefficient (Wildman–Crippen LogP) is -0.570. The van der Waals surface area contributed by atoms with Crippen molar-refractivity contribution < 1.29 is 23.1 Å². The summed E-state index contributed by atoms with van der Waals surface area (Å²) in [5, 5.41) is 13.8. The number of amides is 2. The van der Waals surface area contributed by atoms with E-state index in [0.29, 0.717) is 0 Å². The van der Waals surface area contributed by atoms with Crippen LogP contribution in [0.5, 0.6) is 0 Å². The first-order valence-corrected chi connectivity index (χ1v) is 7.99. The lowest BCUT2D eigenvalue weighted by Crippen LogP contribution is -2.45. The summed E-state index contributed by atoms with van der Waals surface area (Å²) in [6.45, 7) is -0.0171. The average Bonchev–Trinajstić information content (AvgIpc) is 3.10. The Hall–Kier alpha value is -1.35. The molecule has 1 unspecified atom stereocenters. The third-order valence-electron chi connectivity index (χ3n) is 3.10. The van der Waals surface area contributed by atoms with Crippen LogP contribution in [0.1, 0.15) is 19.3 Å². The minimum Gasteiger partial charge on any atom is -0.481 e. The summed E-state index contributed by atoms with van der Waals surface area (Å²) >= 11 is 0. The van der Waals surface area contributed by atoms with Crippen LogP contribution in [0.3, 0.4) is 0 Å². The van der Waals surface area contributed by atoms with Crippen LogP contribution >= 0.6 is 0 Å². The van der Waals surface area contributed by atoms with Gasteiger partial charge in [-0.05, 0) is 18.8 Å². The molecule has 1 aliphatic rings. The lowest BCUT2D eigenvalue weighted by atomic mass is 10.1. The number of carbonyl (C=O) groups excluding carboxylic acids is 1. The van der Waals surface area contributed by atoms with E-state index in [1.807, 2.05) is 0 Å². The Kier molecular flexibility index (Phi) is 5.75. The Balaban J connectivity index is 2.33. The highest BCUT2D eigenvalue weighted by molar-refractivity contribution is 7.89. The molecule has 116 valence electrons. The molecular formula is C11H21N3O5S. The number of nitrogens with zero attached hydrogens (tertiary/aromatic N) is 1. The fourth-order valence-corrected chi connectivity index (χ4v) is 2.44. The highest BCUT2D eigenvalue weighted by Gasteiger charge is 2.33. The van der Waals surface area contributed by atoms with Crippen molar-refractivity contribution in [3.8, 4) is 0 Å². The van der Waals surface area contributed by atoms with E-state index in [0.717, 1.165) is 17.1 Å². The van der Waals surface area contributed by atoms with Crippen molar-refractivity contribution in [3.05, 3.63) is 0 Å². The Labute approximate surface area is 118 Å². The fraction of sp³-hybridized carbons (Fsp3) is 0.818. The topological polar surface area (TPSA) is 116 Å². The maximum Gasteiger partial charge on any atom is 0.315 e. The second-order valence-corrected chi connectivity index (χ2v) is 7.34. The fourth-order valence-electron chi connectivity index (χ4n) is 1.72. The molecule has 0 aromatic rings. The van der Waals surface area contributed by atoms with Crippen molar-refractivity contribution in [1.29, 1.82) is 0 Å². The molecule has 3 N–H and O–H groups in total. The smallest absolute Gasteiger partial charge is 0.315 e. The summed E-state index contributed by atoms with van der Waals surface area (Å²) in [6.07, 6.45) is 1.70. The minimum atomic E-state index is -3.35. The Bertz CT molecular complexity index is 459. The van der Waals surface area contributed by atoms with E-state index < -0.39 is 28.1 Å². The second-order valence-electron chi connectivity index (χ2n) is 5.04. The molecule has 8 nitrogen and oxygen atoms in total. The van der Waals surface area contributed by atoms with Gasteiger partial charge in [-0.2, -0.15) is 0 Å². The van der Waals surface area contributed by atoms with Crippen LogP contribution in [0, 0.1) is 5.92 Å².